The van der Waals surface area contributed by atoms with Gasteiger partial charge in [-0.3, -0.25) is 4.79 Å². The Bertz CT molecular complexity index is 972. The van der Waals surface area contributed by atoms with Crippen molar-refractivity contribution in [2.45, 2.75) is 31.3 Å². The number of hydrogen-bond acceptors (Lipinski definition) is 5. The zero-order valence-corrected chi connectivity index (χ0v) is 15.2. The molecule has 1 aliphatic rings. The van der Waals surface area contributed by atoms with E-state index in [2.05, 4.69) is 26.1 Å². The maximum absolute atomic E-state index is 13.2. The average Bonchev–Trinajstić information content (AvgIpc) is 3.32. The number of hydrogen-bond donors (Lipinski definition) is 5. The molecule has 146 valence electrons. The van der Waals surface area contributed by atoms with E-state index in [1.165, 1.54) is 12.1 Å². The van der Waals surface area contributed by atoms with Crippen LogP contribution in [-0.2, 0) is 11.2 Å². The first-order valence-corrected chi connectivity index (χ1v) is 9.30. The van der Waals surface area contributed by atoms with Gasteiger partial charge in [0.15, 0.2) is 0 Å². The molecule has 0 bridgehead atoms. The first-order valence-electron chi connectivity index (χ1n) is 9.30. The molecule has 0 radical (unpaired) electrons. The number of halogens is 1. The van der Waals surface area contributed by atoms with Crippen LogP contribution in [0.4, 0.5) is 4.39 Å². The Morgan fingerprint density at radius 2 is 2.04 bits per heavy atom. The van der Waals surface area contributed by atoms with Crippen LogP contribution in [0.15, 0.2) is 42.5 Å². The number of imidazole rings is 1. The van der Waals surface area contributed by atoms with E-state index in [1.807, 2.05) is 12.1 Å². The highest BCUT2D eigenvalue weighted by molar-refractivity contribution is 5.82. The van der Waals surface area contributed by atoms with Crippen molar-refractivity contribution in [1.29, 1.82) is 0 Å². The molecular formula is C20H22FN5O2. The molecule has 0 saturated carbocycles. The molecule has 1 fully saturated rings. The normalized spacial score (nSPS) is 19.2. The van der Waals surface area contributed by atoms with Crippen LogP contribution in [0.1, 0.15) is 30.3 Å². The molecule has 1 aliphatic heterocycles. The summed E-state index contributed by atoms with van der Waals surface area (Å²) in [6.07, 6.45) is 2.03. The maximum Gasteiger partial charge on any atom is 0.238 e. The number of aryl methyl sites for hydroxylation is 1. The van der Waals surface area contributed by atoms with E-state index in [-0.39, 0.29) is 29.6 Å². The molecule has 0 aliphatic carbocycles. The van der Waals surface area contributed by atoms with Crippen molar-refractivity contribution in [3.05, 3.63) is 59.7 Å². The van der Waals surface area contributed by atoms with Crippen LogP contribution in [0, 0.1) is 5.82 Å². The summed E-state index contributed by atoms with van der Waals surface area (Å²) in [6, 6.07) is 11.1. The van der Waals surface area contributed by atoms with Crippen LogP contribution < -0.4 is 16.2 Å². The Hall–Kier alpha value is -2.97. The maximum atomic E-state index is 13.2. The van der Waals surface area contributed by atoms with Crippen molar-refractivity contribution in [3.63, 3.8) is 0 Å². The average molecular weight is 383 g/mol. The summed E-state index contributed by atoms with van der Waals surface area (Å²) in [6.45, 7) is 0.534. The molecule has 8 heteroatoms. The molecule has 7 nitrogen and oxygen atoms in total. The number of phenols is 1. The van der Waals surface area contributed by atoms with E-state index in [0.29, 0.717) is 24.9 Å². The van der Waals surface area contributed by atoms with Gasteiger partial charge in [0.05, 0.1) is 11.0 Å². The van der Waals surface area contributed by atoms with Crippen LogP contribution in [-0.4, -0.2) is 33.6 Å². The standard InChI is InChI=1S/C20H22FN5O2/c21-13-5-8-15-17(10-13)24-19(23-15)2-1-9-22-20(28)18-11-16(25-26-18)12-3-6-14(27)7-4-12/h3-8,10,16,18,25-27H,1-2,9,11H2,(H,22,28)(H,23,24). The number of H-pyrrole nitrogens is 1. The summed E-state index contributed by atoms with van der Waals surface area (Å²) in [5, 5.41) is 12.3. The van der Waals surface area contributed by atoms with E-state index in [0.717, 1.165) is 23.3 Å². The van der Waals surface area contributed by atoms with Gasteiger partial charge >= 0.3 is 0 Å². The molecule has 2 aromatic carbocycles. The highest BCUT2D eigenvalue weighted by atomic mass is 19.1. The van der Waals surface area contributed by atoms with Crippen molar-refractivity contribution in [1.82, 2.24) is 26.1 Å². The minimum atomic E-state index is -0.312. The second-order valence-corrected chi connectivity index (χ2v) is 6.96. The predicted octanol–water partition coefficient (Wildman–Crippen LogP) is 2.06. The smallest absolute Gasteiger partial charge is 0.238 e. The third-order valence-corrected chi connectivity index (χ3v) is 4.90. The molecule has 1 aromatic heterocycles. The molecule has 5 N–H and O–H groups in total. The zero-order valence-electron chi connectivity index (χ0n) is 15.2. The molecule has 2 atom stereocenters. The Kier molecular flexibility index (Phi) is 5.23. The largest absolute Gasteiger partial charge is 0.508 e. The fourth-order valence-electron chi connectivity index (χ4n) is 3.40. The van der Waals surface area contributed by atoms with Gasteiger partial charge in [0, 0.05) is 19.0 Å². The predicted molar refractivity (Wildman–Crippen MR) is 103 cm³/mol. The van der Waals surface area contributed by atoms with E-state index in [4.69, 9.17) is 0 Å². The first-order chi connectivity index (χ1) is 13.6. The van der Waals surface area contributed by atoms with Gasteiger partial charge in [0.25, 0.3) is 0 Å². The van der Waals surface area contributed by atoms with Crippen LogP contribution in [0.5, 0.6) is 5.75 Å². The second kappa shape index (κ2) is 7.95. The van der Waals surface area contributed by atoms with Gasteiger partial charge in [-0.25, -0.2) is 20.2 Å². The van der Waals surface area contributed by atoms with E-state index < -0.39 is 0 Å². The number of fused-ring (bicyclic) bond motifs is 1. The van der Waals surface area contributed by atoms with Gasteiger partial charge < -0.3 is 15.4 Å². The number of nitrogens with one attached hydrogen (secondary N) is 4. The third-order valence-electron chi connectivity index (χ3n) is 4.90. The summed E-state index contributed by atoms with van der Waals surface area (Å²) in [5.41, 5.74) is 8.58. The van der Waals surface area contributed by atoms with E-state index >= 15 is 0 Å². The van der Waals surface area contributed by atoms with Crippen molar-refractivity contribution >= 4 is 16.9 Å². The van der Waals surface area contributed by atoms with Gasteiger partial charge in [-0.15, -0.1) is 0 Å². The fourth-order valence-corrected chi connectivity index (χ4v) is 3.40. The summed E-state index contributed by atoms with van der Waals surface area (Å²) in [7, 11) is 0. The number of aromatic nitrogens is 2. The molecule has 2 heterocycles. The highest BCUT2D eigenvalue weighted by Crippen LogP contribution is 2.23. The van der Waals surface area contributed by atoms with Crippen LogP contribution >= 0.6 is 0 Å². The number of aromatic amines is 1. The molecule has 3 aromatic rings. The highest BCUT2D eigenvalue weighted by Gasteiger charge is 2.29. The molecular weight excluding hydrogens is 361 g/mol. The van der Waals surface area contributed by atoms with Gasteiger partial charge in [0.1, 0.15) is 23.4 Å². The quantitative estimate of drug-likeness (QED) is 0.420. The second-order valence-electron chi connectivity index (χ2n) is 6.96. The topological polar surface area (TPSA) is 102 Å². The summed E-state index contributed by atoms with van der Waals surface area (Å²) < 4.78 is 13.2. The molecule has 2 unspecified atom stereocenters. The minimum Gasteiger partial charge on any atom is -0.508 e. The number of rotatable bonds is 6. The minimum absolute atomic E-state index is 0.0206. The van der Waals surface area contributed by atoms with E-state index in [9.17, 15) is 14.3 Å². The lowest BCUT2D eigenvalue weighted by Gasteiger charge is -2.10. The lowest BCUT2D eigenvalue weighted by atomic mass is 10.0. The van der Waals surface area contributed by atoms with Gasteiger partial charge in [0.2, 0.25) is 5.91 Å². The van der Waals surface area contributed by atoms with Gasteiger partial charge in [-0.1, -0.05) is 12.1 Å². The molecule has 4 rings (SSSR count). The number of amides is 1. The lowest BCUT2D eigenvalue weighted by molar-refractivity contribution is -0.122. The first kappa shape index (κ1) is 18.4. The number of carbonyl (C=O) groups excluding carboxylic acids is 1. The Morgan fingerprint density at radius 3 is 2.86 bits per heavy atom. The van der Waals surface area contributed by atoms with Crippen molar-refractivity contribution in [2.24, 2.45) is 0 Å². The summed E-state index contributed by atoms with van der Waals surface area (Å²) in [5.74, 6) is 0.653. The number of hydrazine groups is 1. The number of phenolic OH excluding ortho intramolecular Hbond substituents is 1. The van der Waals surface area contributed by atoms with Gasteiger partial charge in [-0.2, -0.15) is 0 Å². The van der Waals surface area contributed by atoms with E-state index in [1.54, 1.807) is 18.2 Å². The summed E-state index contributed by atoms with van der Waals surface area (Å²) >= 11 is 0. The molecule has 0 spiro atoms. The van der Waals surface area contributed by atoms with Crippen molar-refractivity contribution in [2.75, 3.05) is 6.54 Å². The fraction of sp³-hybridized carbons (Fsp3) is 0.300. The number of benzene rings is 2. The summed E-state index contributed by atoms with van der Waals surface area (Å²) in [4.78, 5) is 19.9. The lowest BCUT2D eigenvalue weighted by Crippen LogP contribution is -2.43. The van der Waals surface area contributed by atoms with Crippen molar-refractivity contribution in [3.8, 4) is 5.75 Å². The van der Waals surface area contributed by atoms with Crippen LogP contribution in [0.2, 0.25) is 0 Å². The zero-order chi connectivity index (χ0) is 19.5. The number of carbonyl (C=O) groups is 1. The molecule has 1 amide bonds. The monoisotopic (exact) mass is 383 g/mol. The SMILES string of the molecule is O=C(NCCCc1nc2ccc(F)cc2[nH]1)C1CC(c2ccc(O)cc2)NN1. The van der Waals surface area contributed by atoms with Crippen LogP contribution in [0.25, 0.3) is 11.0 Å². The van der Waals surface area contributed by atoms with Crippen molar-refractivity contribution < 1.29 is 14.3 Å². The third kappa shape index (κ3) is 4.13. The van der Waals surface area contributed by atoms with Gasteiger partial charge in [-0.05, 0) is 48.7 Å². The molecule has 1 saturated heterocycles. The number of nitrogens with zero attached hydrogens (tertiary/aromatic N) is 1. The Morgan fingerprint density at radius 1 is 1.21 bits per heavy atom. The Labute approximate surface area is 161 Å². The molecule has 28 heavy (non-hydrogen) atoms. The Balaban J connectivity index is 1.22. The van der Waals surface area contributed by atoms with Crippen LogP contribution in [0.3, 0.4) is 0 Å². The number of aromatic hydroxyl groups is 1.